The third kappa shape index (κ3) is 1.14. The predicted molar refractivity (Wildman–Crippen MR) is 82.9 cm³/mol. The Balaban J connectivity index is 2.10. The van der Waals surface area contributed by atoms with Crippen LogP contribution in [0, 0.1) is 6.92 Å². The van der Waals surface area contributed by atoms with Crippen molar-refractivity contribution in [1.82, 2.24) is 0 Å². The third-order valence-electron chi connectivity index (χ3n) is 4.66. The minimum atomic E-state index is -0.539. The lowest BCUT2D eigenvalue weighted by Gasteiger charge is -2.10. The summed E-state index contributed by atoms with van der Waals surface area (Å²) in [6.07, 6.45) is 0. The Kier molecular flexibility index (Phi) is 1.93. The van der Waals surface area contributed by atoms with Crippen LogP contribution in [0.4, 0.5) is 0 Å². The molecule has 5 rings (SSSR count). The minimum Gasteiger partial charge on any atom is -0.386 e. The number of esters is 2. The molecular weight excluding hydrogens is 276 g/mol. The number of carbonyl (C=O) groups is 2. The number of carbonyl (C=O) groups excluding carboxylic acids is 2. The summed E-state index contributed by atoms with van der Waals surface area (Å²) >= 11 is 0. The Labute approximate surface area is 126 Å². The van der Waals surface area contributed by atoms with Crippen LogP contribution in [0.3, 0.4) is 0 Å². The molecule has 3 heteroatoms. The molecule has 0 unspecified atom stereocenters. The molecule has 0 spiro atoms. The number of benzene rings is 3. The van der Waals surface area contributed by atoms with Gasteiger partial charge in [-0.25, -0.2) is 9.59 Å². The fourth-order valence-electron chi connectivity index (χ4n) is 3.82. The van der Waals surface area contributed by atoms with E-state index in [0.717, 1.165) is 38.6 Å². The number of hydrogen-bond donors (Lipinski definition) is 0. The van der Waals surface area contributed by atoms with Crippen molar-refractivity contribution in [3.63, 3.8) is 0 Å². The van der Waals surface area contributed by atoms with E-state index >= 15 is 0 Å². The molecule has 0 aromatic heterocycles. The number of hydrogen-bond acceptors (Lipinski definition) is 3. The first-order valence-electron chi connectivity index (χ1n) is 7.14. The fraction of sp³-hybridized carbons (Fsp3) is 0.0526. The van der Waals surface area contributed by atoms with E-state index in [9.17, 15) is 9.59 Å². The molecular formula is C19H10O3. The van der Waals surface area contributed by atoms with Crippen LogP contribution < -0.4 is 0 Å². The van der Waals surface area contributed by atoms with Crippen LogP contribution in [0.5, 0.6) is 0 Å². The summed E-state index contributed by atoms with van der Waals surface area (Å²) < 4.78 is 4.85. The van der Waals surface area contributed by atoms with Crippen LogP contribution in [0.2, 0.25) is 0 Å². The monoisotopic (exact) mass is 286 g/mol. The molecule has 0 N–H and O–H groups in total. The van der Waals surface area contributed by atoms with E-state index in [1.54, 1.807) is 0 Å². The molecule has 3 aromatic carbocycles. The SMILES string of the molecule is Cc1c2c(c3cccc4c3c1-c1ccccc1-4)C(=O)OC2=O. The van der Waals surface area contributed by atoms with Crippen molar-refractivity contribution in [3.05, 3.63) is 59.2 Å². The maximum absolute atomic E-state index is 12.1. The van der Waals surface area contributed by atoms with Crippen molar-refractivity contribution in [3.8, 4) is 22.3 Å². The standard InChI is InChI=1S/C19H10O3/c1-9-14-11-6-3-2-5-10(11)12-7-4-8-13(16(12)14)17-15(9)18(20)22-19(17)21/h2-8H,1H3. The molecule has 0 radical (unpaired) electrons. The lowest BCUT2D eigenvalue weighted by atomic mass is 9.90. The van der Waals surface area contributed by atoms with Gasteiger partial charge in [-0.05, 0) is 45.5 Å². The number of fused-ring (bicyclic) bond motifs is 5. The average molecular weight is 286 g/mol. The van der Waals surface area contributed by atoms with Crippen LogP contribution in [0.1, 0.15) is 26.3 Å². The largest absolute Gasteiger partial charge is 0.386 e. The van der Waals surface area contributed by atoms with Gasteiger partial charge in [0.2, 0.25) is 0 Å². The first-order valence-corrected chi connectivity index (χ1v) is 7.14. The molecule has 3 aromatic rings. The van der Waals surface area contributed by atoms with Gasteiger partial charge < -0.3 is 4.74 Å². The molecule has 1 aliphatic heterocycles. The maximum Gasteiger partial charge on any atom is 0.347 e. The summed E-state index contributed by atoms with van der Waals surface area (Å²) in [6.45, 7) is 1.90. The van der Waals surface area contributed by atoms with Crippen LogP contribution >= 0.6 is 0 Å². The highest BCUT2D eigenvalue weighted by atomic mass is 16.6. The van der Waals surface area contributed by atoms with Crippen LogP contribution in [0.15, 0.2) is 42.5 Å². The number of ether oxygens (including phenoxy) is 1. The predicted octanol–water partition coefficient (Wildman–Crippen LogP) is 4.11. The second-order valence-corrected chi connectivity index (χ2v) is 5.70. The second kappa shape index (κ2) is 3.63. The van der Waals surface area contributed by atoms with Crippen molar-refractivity contribution >= 4 is 22.7 Å². The Morgan fingerprint density at radius 1 is 0.727 bits per heavy atom. The first kappa shape index (κ1) is 11.7. The Bertz CT molecular complexity index is 1040. The summed E-state index contributed by atoms with van der Waals surface area (Å²) in [5.41, 5.74) is 6.08. The van der Waals surface area contributed by atoms with E-state index < -0.39 is 11.9 Å². The second-order valence-electron chi connectivity index (χ2n) is 5.70. The summed E-state index contributed by atoms with van der Waals surface area (Å²) in [7, 11) is 0. The molecule has 3 nitrogen and oxygen atoms in total. The average Bonchev–Trinajstić information content (AvgIpc) is 3.01. The smallest absolute Gasteiger partial charge is 0.347 e. The van der Waals surface area contributed by atoms with E-state index in [1.165, 1.54) is 0 Å². The third-order valence-corrected chi connectivity index (χ3v) is 4.66. The lowest BCUT2D eigenvalue weighted by Crippen LogP contribution is -1.99. The van der Waals surface area contributed by atoms with Crippen LogP contribution in [0.25, 0.3) is 33.0 Å². The summed E-state index contributed by atoms with van der Waals surface area (Å²) in [5.74, 6) is -1.08. The molecule has 0 amide bonds. The highest BCUT2D eigenvalue weighted by Crippen LogP contribution is 2.51. The highest BCUT2D eigenvalue weighted by molar-refractivity contribution is 6.28. The van der Waals surface area contributed by atoms with Gasteiger partial charge >= 0.3 is 11.9 Å². The summed E-state index contributed by atoms with van der Waals surface area (Å²) in [4.78, 5) is 24.2. The molecule has 1 aliphatic carbocycles. The molecule has 1 heterocycles. The molecule has 0 bridgehead atoms. The molecule has 22 heavy (non-hydrogen) atoms. The topological polar surface area (TPSA) is 43.4 Å². The zero-order chi connectivity index (χ0) is 15.0. The van der Waals surface area contributed by atoms with Crippen LogP contribution in [-0.2, 0) is 4.74 Å². The summed E-state index contributed by atoms with van der Waals surface area (Å²) in [5, 5.41) is 1.85. The number of cyclic esters (lactones) is 2. The minimum absolute atomic E-state index is 0.413. The van der Waals surface area contributed by atoms with E-state index in [4.69, 9.17) is 4.74 Å². The molecule has 0 saturated heterocycles. The summed E-state index contributed by atoms with van der Waals surface area (Å²) in [6, 6.07) is 14.0. The van der Waals surface area contributed by atoms with Gasteiger partial charge in [0.25, 0.3) is 0 Å². The highest BCUT2D eigenvalue weighted by Gasteiger charge is 2.37. The Hall–Kier alpha value is -2.94. The molecule has 0 atom stereocenters. The Morgan fingerprint density at radius 3 is 2.23 bits per heavy atom. The van der Waals surface area contributed by atoms with E-state index in [1.807, 2.05) is 31.2 Å². The van der Waals surface area contributed by atoms with Crippen molar-refractivity contribution in [2.75, 3.05) is 0 Å². The zero-order valence-electron chi connectivity index (χ0n) is 11.8. The van der Waals surface area contributed by atoms with Gasteiger partial charge in [0.15, 0.2) is 0 Å². The zero-order valence-corrected chi connectivity index (χ0v) is 11.8. The van der Waals surface area contributed by atoms with Gasteiger partial charge in [0, 0.05) is 0 Å². The normalized spacial score (nSPS) is 14.2. The quantitative estimate of drug-likeness (QED) is 0.361. The molecule has 104 valence electrons. The van der Waals surface area contributed by atoms with E-state index in [-0.39, 0.29) is 0 Å². The lowest BCUT2D eigenvalue weighted by molar-refractivity contribution is 0.0444. The van der Waals surface area contributed by atoms with Gasteiger partial charge in [-0.15, -0.1) is 0 Å². The van der Waals surface area contributed by atoms with Gasteiger partial charge in [-0.2, -0.15) is 0 Å². The van der Waals surface area contributed by atoms with Crippen molar-refractivity contribution in [2.24, 2.45) is 0 Å². The van der Waals surface area contributed by atoms with E-state index in [0.29, 0.717) is 11.1 Å². The van der Waals surface area contributed by atoms with Crippen molar-refractivity contribution < 1.29 is 14.3 Å². The fourth-order valence-corrected chi connectivity index (χ4v) is 3.82. The van der Waals surface area contributed by atoms with Gasteiger partial charge in [0.05, 0.1) is 11.1 Å². The first-order chi connectivity index (χ1) is 10.7. The van der Waals surface area contributed by atoms with Gasteiger partial charge in [-0.1, -0.05) is 42.5 Å². The molecule has 0 fully saturated rings. The van der Waals surface area contributed by atoms with E-state index in [2.05, 4.69) is 18.2 Å². The maximum atomic E-state index is 12.1. The molecule has 0 saturated carbocycles. The van der Waals surface area contributed by atoms with Crippen molar-refractivity contribution in [1.29, 1.82) is 0 Å². The van der Waals surface area contributed by atoms with Gasteiger partial charge in [-0.3, -0.25) is 0 Å². The number of rotatable bonds is 0. The van der Waals surface area contributed by atoms with Crippen LogP contribution in [-0.4, -0.2) is 11.9 Å². The molecule has 2 aliphatic rings. The van der Waals surface area contributed by atoms with Gasteiger partial charge in [0.1, 0.15) is 0 Å². The Morgan fingerprint density at radius 2 is 1.41 bits per heavy atom. The van der Waals surface area contributed by atoms with Crippen molar-refractivity contribution in [2.45, 2.75) is 6.92 Å².